The summed E-state index contributed by atoms with van der Waals surface area (Å²) in [6.07, 6.45) is 1.90. The van der Waals surface area contributed by atoms with Crippen molar-refractivity contribution in [3.05, 3.63) is 173 Å². The second-order valence-electron chi connectivity index (χ2n) is 12.9. The van der Waals surface area contributed by atoms with Crippen molar-refractivity contribution in [1.82, 2.24) is 15.0 Å². The highest BCUT2D eigenvalue weighted by atomic mass is 32.2. The van der Waals surface area contributed by atoms with Gasteiger partial charge in [0, 0.05) is 38.5 Å². The largest absolute Gasteiger partial charge is 0.261 e. The van der Waals surface area contributed by atoms with Gasteiger partial charge in [-0.2, -0.15) is 0 Å². The molecule has 2 aliphatic rings. The maximum Gasteiger partial charge on any atom is 0.126 e. The Morgan fingerprint density at radius 1 is 0.521 bits per heavy atom. The molecule has 0 N–H and O–H groups in total. The Bertz CT molecular complexity index is 2400. The van der Waals surface area contributed by atoms with Crippen LogP contribution in [0.2, 0.25) is 0 Å². The Morgan fingerprint density at radius 3 is 2.02 bits per heavy atom. The van der Waals surface area contributed by atoms with E-state index in [-0.39, 0.29) is 0 Å². The Hall–Kier alpha value is -5.32. The third kappa shape index (κ3) is 4.12. The van der Waals surface area contributed by atoms with Gasteiger partial charge < -0.3 is 0 Å². The Kier molecular flexibility index (Phi) is 6.53. The van der Waals surface area contributed by atoms with Crippen LogP contribution in [0.5, 0.6) is 0 Å². The van der Waals surface area contributed by atoms with Crippen LogP contribution in [-0.4, -0.2) is 15.0 Å². The molecule has 1 atom stereocenters. The number of aromatic nitrogens is 3. The zero-order valence-corrected chi connectivity index (χ0v) is 28.2. The number of rotatable bonds is 3. The molecule has 1 aliphatic carbocycles. The molecule has 0 fully saturated rings. The average Bonchev–Trinajstić information content (AvgIpc) is 3.39. The second-order valence-corrected chi connectivity index (χ2v) is 14.0. The molecule has 9 rings (SSSR count). The van der Waals surface area contributed by atoms with Gasteiger partial charge in [-0.15, -0.1) is 0 Å². The van der Waals surface area contributed by atoms with Crippen molar-refractivity contribution >= 4 is 11.8 Å². The van der Waals surface area contributed by atoms with Crippen LogP contribution in [0.3, 0.4) is 0 Å². The molecule has 0 saturated heterocycles. The van der Waals surface area contributed by atoms with Gasteiger partial charge in [-0.1, -0.05) is 103 Å². The van der Waals surface area contributed by atoms with Gasteiger partial charge in [0.25, 0.3) is 0 Å². The van der Waals surface area contributed by atoms with Crippen molar-refractivity contribution in [3.8, 4) is 44.6 Å². The lowest BCUT2D eigenvalue weighted by Gasteiger charge is -2.40. The molecule has 0 radical (unpaired) electrons. The number of hydrogen-bond acceptors (Lipinski definition) is 4. The van der Waals surface area contributed by atoms with Gasteiger partial charge in [0.15, 0.2) is 0 Å². The van der Waals surface area contributed by atoms with E-state index in [1.54, 1.807) is 0 Å². The van der Waals surface area contributed by atoms with Crippen molar-refractivity contribution < 1.29 is 0 Å². The maximum absolute atomic E-state index is 4.96. The molecule has 0 bridgehead atoms. The molecule has 7 aromatic rings. The smallest absolute Gasteiger partial charge is 0.126 e. The molecule has 3 nitrogen and oxygen atoms in total. The van der Waals surface area contributed by atoms with Gasteiger partial charge in [-0.3, -0.25) is 4.98 Å². The molecule has 230 valence electrons. The fourth-order valence-electron chi connectivity index (χ4n) is 8.24. The van der Waals surface area contributed by atoms with Gasteiger partial charge in [-0.25, -0.2) is 9.97 Å². The van der Waals surface area contributed by atoms with E-state index in [0.29, 0.717) is 0 Å². The number of benzene rings is 5. The van der Waals surface area contributed by atoms with E-state index >= 15 is 0 Å². The van der Waals surface area contributed by atoms with Crippen molar-refractivity contribution in [2.24, 2.45) is 0 Å². The van der Waals surface area contributed by atoms with Crippen molar-refractivity contribution in [2.45, 2.75) is 42.9 Å². The lowest BCUT2D eigenvalue weighted by atomic mass is 9.67. The van der Waals surface area contributed by atoms with Crippen molar-refractivity contribution in [3.63, 3.8) is 0 Å². The van der Waals surface area contributed by atoms with Crippen LogP contribution in [0.4, 0.5) is 0 Å². The quantitative estimate of drug-likeness (QED) is 0.194. The predicted molar refractivity (Wildman–Crippen MR) is 197 cm³/mol. The second kappa shape index (κ2) is 10.9. The van der Waals surface area contributed by atoms with Gasteiger partial charge in [0.2, 0.25) is 0 Å². The van der Waals surface area contributed by atoms with Gasteiger partial charge >= 0.3 is 0 Å². The third-order valence-electron chi connectivity index (χ3n) is 10.1. The van der Waals surface area contributed by atoms with Crippen molar-refractivity contribution in [2.75, 3.05) is 0 Å². The molecular weight excluding hydrogens is 603 g/mol. The van der Waals surface area contributed by atoms with Crippen LogP contribution in [0.25, 0.3) is 44.6 Å². The number of fused-ring (bicyclic) bond motifs is 9. The summed E-state index contributed by atoms with van der Waals surface area (Å²) in [4.78, 5) is 16.8. The number of nitrogens with zero attached hydrogens (tertiary/aromatic N) is 3. The SMILES string of the molecule is Cc1cc(-c2cccc3c2-c2ccccc2C32c3ccccc3Sc3ccc(-c4ccccc4-c4c(C)ccnc4C)cc32)nc(C)n1. The molecule has 48 heavy (non-hydrogen) atoms. The monoisotopic (exact) mass is 635 g/mol. The molecule has 3 heterocycles. The summed E-state index contributed by atoms with van der Waals surface area (Å²) >= 11 is 1.88. The van der Waals surface area contributed by atoms with Crippen molar-refractivity contribution in [1.29, 1.82) is 0 Å². The van der Waals surface area contributed by atoms with E-state index < -0.39 is 5.41 Å². The molecule has 0 amide bonds. The zero-order chi connectivity index (χ0) is 32.6. The Labute approximate surface area is 285 Å². The summed E-state index contributed by atoms with van der Waals surface area (Å²) in [6.45, 7) is 8.32. The van der Waals surface area contributed by atoms with Gasteiger partial charge in [-0.05, 0) is 114 Å². The van der Waals surface area contributed by atoms with Crippen LogP contribution in [0, 0.1) is 27.7 Å². The van der Waals surface area contributed by atoms with Crippen LogP contribution in [-0.2, 0) is 5.41 Å². The summed E-state index contributed by atoms with van der Waals surface area (Å²) < 4.78 is 0. The molecule has 1 aliphatic heterocycles. The topological polar surface area (TPSA) is 38.7 Å². The van der Waals surface area contributed by atoms with E-state index in [1.165, 1.54) is 71.0 Å². The van der Waals surface area contributed by atoms with Crippen LogP contribution >= 0.6 is 11.8 Å². The molecule has 0 saturated carbocycles. The van der Waals surface area contributed by atoms with E-state index in [9.17, 15) is 0 Å². The number of aryl methyl sites for hydroxylation is 4. The molecule has 1 unspecified atom stereocenters. The normalized spacial score (nSPS) is 15.5. The van der Waals surface area contributed by atoms with Crippen LogP contribution < -0.4 is 0 Å². The van der Waals surface area contributed by atoms with E-state index in [0.717, 1.165) is 28.5 Å². The zero-order valence-electron chi connectivity index (χ0n) is 27.4. The number of pyridine rings is 1. The first-order valence-electron chi connectivity index (χ1n) is 16.4. The minimum Gasteiger partial charge on any atom is -0.261 e. The van der Waals surface area contributed by atoms with E-state index in [4.69, 9.17) is 4.98 Å². The highest BCUT2D eigenvalue weighted by molar-refractivity contribution is 7.99. The van der Waals surface area contributed by atoms with Crippen LogP contribution in [0.15, 0.2) is 137 Å². The first-order chi connectivity index (χ1) is 23.4. The minimum atomic E-state index is -0.499. The minimum absolute atomic E-state index is 0.499. The fourth-order valence-corrected chi connectivity index (χ4v) is 9.41. The Balaban J connectivity index is 1.37. The highest BCUT2D eigenvalue weighted by Crippen LogP contribution is 2.63. The highest BCUT2D eigenvalue weighted by Gasteiger charge is 2.51. The summed E-state index contributed by atoms with van der Waals surface area (Å²) in [5, 5.41) is 0. The summed E-state index contributed by atoms with van der Waals surface area (Å²) in [5.74, 6) is 0.788. The predicted octanol–water partition coefficient (Wildman–Crippen LogP) is 10.9. The molecule has 4 heteroatoms. The summed E-state index contributed by atoms with van der Waals surface area (Å²) in [5.41, 5.74) is 17.5. The summed E-state index contributed by atoms with van der Waals surface area (Å²) in [6, 6.07) is 44.9. The van der Waals surface area contributed by atoms with Gasteiger partial charge in [0.1, 0.15) is 5.82 Å². The third-order valence-corrected chi connectivity index (χ3v) is 11.2. The van der Waals surface area contributed by atoms with Gasteiger partial charge in [0.05, 0.1) is 11.1 Å². The standard InChI is InChI=1S/C44H33N3S/c1-26-22-23-45-28(3)42(26)32-13-6-5-12-31(32)30-20-21-41-38(25-30)44(36-17-9-10-19-40(36)48-41)35-16-8-7-14-33(35)43-34(15-11-18-37(43)44)39-24-27(2)46-29(4)47-39/h5-25H,1-4H3. The number of hydrogen-bond donors (Lipinski definition) is 0. The molecule has 1 spiro atoms. The first kappa shape index (κ1) is 28.9. The molecule has 5 aromatic carbocycles. The lowest BCUT2D eigenvalue weighted by Crippen LogP contribution is -2.32. The van der Waals surface area contributed by atoms with E-state index in [1.807, 2.05) is 24.9 Å². The average molecular weight is 636 g/mol. The Morgan fingerprint density at radius 2 is 1.21 bits per heavy atom. The molecule has 2 aromatic heterocycles. The maximum atomic E-state index is 4.96. The summed E-state index contributed by atoms with van der Waals surface area (Å²) in [7, 11) is 0. The fraction of sp³-hybridized carbons (Fsp3) is 0.114. The van der Waals surface area contributed by atoms with E-state index in [2.05, 4.69) is 152 Å². The first-order valence-corrected chi connectivity index (χ1v) is 17.3. The molecular formula is C44H33N3S. The van der Waals surface area contributed by atoms with Crippen LogP contribution in [0.1, 0.15) is 45.0 Å². The lowest BCUT2D eigenvalue weighted by molar-refractivity contribution is 0.723.